The first kappa shape index (κ1) is 13.5. The molecule has 19 heavy (non-hydrogen) atoms. The van der Waals surface area contributed by atoms with Gasteiger partial charge in [-0.05, 0) is 24.4 Å². The SMILES string of the molecule is CNC(=O)C(C)(C(=O)OC)c1cc2ccccc2s1. The molecule has 1 heterocycles. The number of hydrogen-bond donors (Lipinski definition) is 1. The molecule has 2 aromatic rings. The Morgan fingerprint density at radius 2 is 2.00 bits per heavy atom. The van der Waals surface area contributed by atoms with Gasteiger partial charge in [0.2, 0.25) is 5.91 Å². The molecule has 100 valence electrons. The second-order valence-electron chi connectivity index (χ2n) is 4.34. The molecule has 0 radical (unpaired) electrons. The molecule has 0 spiro atoms. The topological polar surface area (TPSA) is 55.4 Å². The Morgan fingerprint density at radius 1 is 1.32 bits per heavy atom. The first-order chi connectivity index (χ1) is 9.03. The number of hydrogen-bond acceptors (Lipinski definition) is 4. The molecule has 2 rings (SSSR count). The van der Waals surface area contributed by atoms with Crippen LogP contribution in [0.4, 0.5) is 0 Å². The Hall–Kier alpha value is -1.88. The summed E-state index contributed by atoms with van der Waals surface area (Å²) in [6.07, 6.45) is 0. The highest BCUT2D eigenvalue weighted by molar-refractivity contribution is 7.19. The van der Waals surface area contributed by atoms with Gasteiger partial charge in [0.25, 0.3) is 0 Å². The maximum absolute atomic E-state index is 12.1. The molecule has 1 aromatic heterocycles. The molecule has 1 amide bonds. The second-order valence-corrected chi connectivity index (χ2v) is 5.43. The quantitative estimate of drug-likeness (QED) is 0.690. The van der Waals surface area contributed by atoms with Gasteiger partial charge in [-0.2, -0.15) is 0 Å². The second kappa shape index (κ2) is 5.01. The number of fused-ring (bicyclic) bond motifs is 1. The third kappa shape index (κ3) is 2.10. The van der Waals surface area contributed by atoms with Crippen molar-refractivity contribution in [1.82, 2.24) is 5.32 Å². The van der Waals surface area contributed by atoms with Crippen molar-refractivity contribution in [2.24, 2.45) is 0 Å². The molecule has 0 fully saturated rings. The summed E-state index contributed by atoms with van der Waals surface area (Å²) in [5.41, 5.74) is -1.31. The van der Waals surface area contributed by atoms with Crippen molar-refractivity contribution in [1.29, 1.82) is 0 Å². The third-order valence-electron chi connectivity index (χ3n) is 3.19. The molecule has 0 saturated carbocycles. The number of carbonyl (C=O) groups excluding carboxylic acids is 2. The molecule has 1 unspecified atom stereocenters. The van der Waals surface area contributed by atoms with Crippen molar-refractivity contribution in [3.63, 3.8) is 0 Å². The highest BCUT2D eigenvalue weighted by Gasteiger charge is 2.45. The molecule has 5 heteroatoms. The first-order valence-corrected chi connectivity index (χ1v) is 6.65. The van der Waals surface area contributed by atoms with Crippen LogP contribution in [-0.4, -0.2) is 26.0 Å². The molecule has 0 aliphatic heterocycles. The van der Waals surface area contributed by atoms with E-state index in [1.54, 1.807) is 6.92 Å². The van der Waals surface area contributed by atoms with E-state index in [4.69, 9.17) is 4.74 Å². The summed E-state index contributed by atoms with van der Waals surface area (Å²) in [5, 5.41) is 3.55. The molecule has 0 aliphatic carbocycles. The van der Waals surface area contributed by atoms with Gasteiger partial charge in [0.1, 0.15) is 0 Å². The number of esters is 1. The zero-order chi connectivity index (χ0) is 14.0. The number of methoxy groups -OCH3 is 1. The lowest BCUT2D eigenvalue weighted by Gasteiger charge is -2.23. The van der Waals surface area contributed by atoms with Crippen LogP contribution in [0.2, 0.25) is 0 Å². The van der Waals surface area contributed by atoms with Crippen LogP contribution in [0, 0.1) is 0 Å². The maximum atomic E-state index is 12.1. The number of nitrogens with one attached hydrogen (secondary N) is 1. The van der Waals surface area contributed by atoms with Gasteiger partial charge < -0.3 is 10.1 Å². The zero-order valence-electron chi connectivity index (χ0n) is 11.0. The first-order valence-electron chi connectivity index (χ1n) is 5.83. The minimum Gasteiger partial charge on any atom is -0.468 e. The summed E-state index contributed by atoms with van der Waals surface area (Å²) in [5.74, 6) is -0.927. The van der Waals surface area contributed by atoms with Crippen LogP contribution in [0.25, 0.3) is 10.1 Å². The Bertz CT molecular complexity index is 583. The number of rotatable bonds is 3. The molecule has 1 atom stereocenters. The fraction of sp³-hybridized carbons (Fsp3) is 0.286. The van der Waals surface area contributed by atoms with E-state index in [9.17, 15) is 9.59 Å². The van der Waals surface area contributed by atoms with Crippen LogP contribution in [0.3, 0.4) is 0 Å². The third-order valence-corrected chi connectivity index (χ3v) is 4.53. The summed E-state index contributed by atoms with van der Waals surface area (Å²) in [6.45, 7) is 1.59. The largest absolute Gasteiger partial charge is 0.468 e. The van der Waals surface area contributed by atoms with Crippen molar-refractivity contribution in [3.05, 3.63) is 35.2 Å². The molecule has 4 nitrogen and oxygen atoms in total. The van der Waals surface area contributed by atoms with E-state index in [1.807, 2.05) is 30.3 Å². The summed E-state index contributed by atoms with van der Waals surface area (Å²) in [6, 6.07) is 9.64. The minimum atomic E-state index is -1.31. The predicted octanol–water partition coefficient (Wildman–Crippen LogP) is 2.08. The van der Waals surface area contributed by atoms with Crippen LogP contribution in [0.5, 0.6) is 0 Å². The summed E-state index contributed by atoms with van der Waals surface area (Å²) in [4.78, 5) is 24.8. The van der Waals surface area contributed by atoms with Crippen molar-refractivity contribution in [2.75, 3.05) is 14.2 Å². The van der Waals surface area contributed by atoms with Crippen LogP contribution in [0.15, 0.2) is 30.3 Å². The van der Waals surface area contributed by atoms with Crippen LogP contribution < -0.4 is 5.32 Å². The fourth-order valence-electron chi connectivity index (χ4n) is 1.99. The van der Waals surface area contributed by atoms with Crippen molar-refractivity contribution < 1.29 is 14.3 Å². The van der Waals surface area contributed by atoms with Gasteiger partial charge in [0.15, 0.2) is 5.41 Å². The van der Waals surface area contributed by atoms with E-state index in [-0.39, 0.29) is 5.91 Å². The van der Waals surface area contributed by atoms with Crippen molar-refractivity contribution >= 4 is 33.3 Å². The minimum absolute atomic E-state index is 0.370. The van der Waals surface area contributed by atoms with Gasteiger partial charge in [0.05, 0.1) is 7.11 Å². The Morgan fingerprint density at radius 3 is 2.58 bits per heavy atom. The lowest BCUT2D eigenvalue weighted by atomic mass is 9.87. The standard InChI is InChI=1S/C14H15NO3S/c1-14(12(16)15-2,13(17)18-3)11-8-9-6-4-5-7-10(9)19-11/h4-8H,1-3H3,(H,15,16). The van der Waals surface area contributed by atoms with Gasteiger partial charge in [-0.1, -0.05) is 18.2 Å². The van der Waals surface area contributed by atoms with Crippen molar-refractivity contribution in [3.8, 4) is 0 Å². The number of ether oxygens (including phenoxy) is 1. The Balaban J connectivity index is 2.60. The zero-order valence-corrected chi connectivity index (χ0v) is 11.8. The molecule has 1 aromatic carbocycles. The maximum Gasteiger partial charge on any atom is 0.326 e. The summed E-state index contributed by atoms with van der Waals surface area (Å²) >= 11 is 1.43. The van der Waals surface area contributed by atoms with E-state index in [0.29, 0.717) is 4.88 Å². The molecule has 0 aliphatic rings. The van der Waals surface area contributed by atoms with E-state index < -0.39 is 11.4 Å². The van der Waals surface area contributed by atoms with Crippen LogP contribution in [-0.2, 0) is 19.7 Å². The average molecular weight is 277 g/mol. The van der Waals surface area contributed by atoms with Gasteiger partial charge >= 0.3 is 5.97 Å². The van der Waals surface area contributed by atoms with E-state index >= 15 is 0 Å². The predicted molar refractivity (Wildman–Crippen MR) is 75.3 cm³/mol. The van der Waals surface area contributed by atoms with E-state index in [0.717, 1.165) is 10.1 Å². The van der Waals surface area contributed by atoms with Gasteiger partial charge in [-0.15, -0.1) is 11.3 Å². The lowest BCUT2D eigenvalue weighted by Crippen LogP contribution is -2.47. The van der Waals surface area contributed by atoms with E-state index in [1.165, 1.54) is 25.5 Å². The highest BCUT2D eigenvalue weighted by Crippen LogP contribution is 2.35. The smallest absolute Gasteiger partial charge is 0.326 e. The lowest BCUT2D eigenvalue weighted by molar-refractivity contribution is -0.151. The van der Waals surface area contributed by atoms with Crippen molar-refractivity contribution in [2.45, 2.75) is 12.3 Å². The van der Waals surface area contributed by atoms with Gasteiger partial charge in [0, 0.05) is 16.6 Å². The molecular formula is C14H15NO3S. The average Bonchev–Trinajstić information content (AvgIpc) is 2.88. The Kier molecular flexibility index (Phi) is 3.57. The monoisotopic (exact) mass is 277 g/mol. The van der Waals surface area contributed by atoms with Gasteiger partial charge in [-0.25, -0.2) is 0 Å². The molecule has 0 bridgehead atoms. The highest BCUT2D eigenvalue weighted by atomic mass is 32.1. The molecule has 1 N–H and O–H groups in total. The van der Waals surface area contributed by atoms with Crippen LogP contribution >= 0.6 is 11.3 Å². The van der Waals surface area contributed by atoms with Gasteiger partial charge in [-0.3, -0.25) is 9.59 Å². The number of amides is 1. The Labute approximate surface area is 115 Å². The number of benzene rings is 1. The molecule has 0 saturated heterocycles. The normalized spacial score (nSPS) is 13.8. The summed E-state index contributed by atoms with van der Waals surface area (Å²) < 4.78 is 5.83. The van der Waals surface area contributed by atoms with Crippen LogP contribution in [0.1, 0.15) is 11.8 Å². The van der Waals surface area contributed by atoms with E-state index in [2.05, 4.69) is 5.32 Å². The number of likely N-dealkylation sites (N-methyl/N-ethyl adjacent to an activating group) is 1. The number of carbonyl (C=O) groups is 2. The fourth-order valence-corrected chi connectivity index (χ4v) is 3.18. The summed E-state index contributed by atoms with van der Waals surface area (Å²) in [7, 11) is 2.80. The number of thiophene rings is 1. The molecular weight excluding hydrogens is 262 g/mol.